The van der Waals surface area contributed by atoms with Crippen LogP contribution in [0.3, 0.4) is 0 Å². The molecule has 38 heavy (non-hydrogen) atoms. The van der Waals surface area contributed by atoms with Gasteiger partial charge < -0.3 is 9.47 Å². The van der Waals surface area contributed by atoms with Gasteiger partial charge in [-0.1, -0.05) is 71.0 Å². The van der Waals surface area contributed by atoms with E-state index < -0.39 is 0 Å². The number of nitrogens with zero attached hydrogens (tertiary/aromatic N) is 5. The Morgan fingerprint density at radius 1 is 0.658 bits per heavy atom. The van der Waals surface area contributed by atoms with E-state index in [2.05, 4.69) is 81.2 Å². The number of aromatic nitrogens is 6. The Labute approximate surface area is 223 Å². The minimum absolute atomic E-state index is 0.406. The van der Waals surface area contributed by atoms with Crippen molar-refractivity contribution in [3.63, 3.8) is 0 Å². The zero-order valence-corrected chi connectivity index (χ0v) is 23.0. The molecule has 0 radical (unpaired) electrons. The molecule has 0 saturated heterocycles. The first kappa shape index (κ1) is 25.7. The molecule has 0 aliphatic carbocycles. The Morgan fingerprint density at radius 2 is 1.16 bits per heavy atom. The van der Waals surface area contributed by atoms with Crippen LogP contribution < -0.4 is 9.47 Å². The maximum absolute atomic E-state index is 5.91. The van der Waals surface area contributed by atoms with E-state index >= 15 is 0 Å². The molecule has 0 fully saturated rings. The second-order valence-corrected chi connectivity index (χ2v) is 11.1. The van der Waals surface area contributed by atoms with Crippen molar-refractivity contribution in [1.82, 2.24) is 30.4 Å². The third-order valence-corrected chi connectivity index (χ3v) is 6.15. The Hall–Kier alpha value is -3.94. The lowest BCUT2D eigenvalue weighted by Crippen LogP contribution is -2.07. The van der Waals surface area contributed by atoms with Crippen molar-refractivity contribution in [3.05, 3.63) is 48.5 Å². The Kier molecular flexibility index (Phi) is 7.31. The summed E-state index contributed by atoms with van der Waals surface area (Å²) in [6.45, 7) is 15.0. The van der Waals surface area contributed by atoms with Gasteiger partial charge >= 0.3 is 0 Å². The van der Waals surface area contributed by atoms with E-state index in [1.54, 1.807) is 4.80 Å². The van der Waals surface area contributed by atoms with Gasteiger partial charge in [-0.15, -0.1) is 5.10 Å². The number of hydrogen-bond acceptors (Lipinski definition) is 6. The number of aromatic amines is 1. The summed E-state index contributed by atoms with van der Waals surface area (Å²) >= 11 is 0. The van der Waals surface area contributed by atoms with Crippen LogP contribution in [0.1, 0.15) is 41.5 Å². The van der Waals surface area contributed by atoms with Crippen LogP contribution >= 0.6 is 0 Å². The highest BCUT2D eigenvalue weighted by atomic mass is 16.5. The summed E-state index contributed by atoms with van der Waals surface area (Å²) in [6.07, 6.45) is 0. The molecular formula is C30H36N6O2. The van der Waals surface area contributed by atoms with Gasteiger partial charge in [-0.25, -0.2) is 0 Å². The Balaban J connectivity index is 1.65. The van der Waals surface area contributed by atoms with E-state index in [9.17, 15) is 0 Å². The van der Waals surface area contributed by atoms with Gasteiger partial charge in [-0.05, 0) is 53.1 Å². The number of benzene rings is 3. The topological polar surface area (TPSA) is 90.7 Å². The quantitative estimate of drug-likeness (QED) is 0.222. The smallest absolute Gasteiger partial charge is 0.124 e. The van der Waals surface area contributed by atoms with E-state index in [4.69, 9.17) is 19.7 Å². The fourth-order valence-electron chi connectivity index (χ4n) is 4.42. The highest BCUT2D eigenvalue weighted by Gasteiger charge is 2.23. The molecule has 0 aliphatic rings. The van der Waals surface area contributed by atoms with Gasteiger partial charge in [-0.2, -0.15) is 15.0 Å². The third kappa shape index (κ3) is 5.35. The first-order chi connectivity index (χ1) is 18.3. The second kappa shape index (κ2) is 10.8. The van der Waals surface area contributed by atoms with Crippen LogP contribution in [0.25, 0.3) is 44.3 Å². The molecule has 1 N–H and O–H groups in total. The zero-order chi connectivity index (χ0) is 26.8. The molecule has 8 heteroatoms. The molecule has 5 rings (SSSR count). The monoisotopic (exact) mass is 512 g/mol. The van der Waals surface area contributed by atoms with Crippen LogP contribution in [-0.4, -0.2) is 43.6 Å². The van der Waals surface area contributed by atoms with Crippen LogP contribution in [0.15, 0.2) is 48.5 Å². The van der Waals surface area contributed by atoms with Crippen molar-refractivity contribution in [3.8, 4) is 33.8 Å². The molecule has 5 aromatic rings. The van der Waals surface area contributed by atoms with Crippen LogP contribution in [0, 0.1) is 17.8 Å². The maximum atomic E-state index is 5.91. The molecule has 0 amide bonds. The normalized spacial score (nSPS) is 11.9. The van der Waals surface area contributed by atoms with Gasteiger partial charge in [0, 0.05) is 11.1 Å². The molecule has 0 atom stereocenters. The lowest BCUT2D eigenvalue weighted by molar-refractivity contribution is 0.271. The summed E-state index contributed by atoms with van der Waals surface area (Å²) in [5.41, 5.74) is 7.06. The van der Waals surface area contributed by atoms with Gasteiger partial charge in [-0.3, -0.25) is 5.10 Å². The fraction of sp³-hybridized carbons (Fsp3) is 0.400. The van der Waals surface area contributed by atoms with E-state index in [0.717, 1.165) is 62.4 Å². The summed E-state index contributed by atoms with van der Waals surface area (Å²) in [5, 5.41) is 21.8. The fourth-order valence-corrected chi connectivity index (χ4v) is 4.42. The van der Waals surface area contributed by atoms with Crippen LogP contribution in [0.4, 0.5) is 0 Å². The highest BCUT2D eigenvalue weighted by molar-refractivity contribution is 6.16. The molecule has 0 unspecified atom stereocenters. The molecular weight excluding hydrogens is 476 g/mol. The van der Waals surface area contributed by atoms with Crippen molar-refractivity contribution in [2.45, 2.75) is 48.1 Å². The molecule has 0 bridgehead atoms. The average molecular weight is 513 g/mol. The molecule has 198 valence electrons. The predicted octanol–water partition coefficient (Wildman–Crippen LogP) is 6.76. The number of hydrogen-bond donors (Lipinski definition) is 1. The molecule has 2 aromatic heterocycles. The number of H-pyrrole nitrogens is 1. The summed E-state index contributed by atoms with van der Waals surface area (Å²) < 4.78 is 11.8. The number of rotatable bonds is 10. The van der Waals surface area contributed by atoms with Crippen LogP contribution in [-0.2, 0) is 6.54 Å². The number of fused-ring (bicyclic) bond motifs is 2. The van der Waals surface area contributed by atoms with Crippen molar-refractivity contribution < 1.29 is 9.47 Å². The Bertz CT molecular complexity index is 1410. The number of nitrogens with one attached hydrogen (secondary N) is 1. The van der Waals surface area contributed by atoms with Crippen molar-refractivity contribution in [2.24, 2.45) is 17.8 Å². The molecule has 0 spiro atoms. The SMILES string of the molecule is CC(C)COc1ccc(-c2c3nn(CC(C)C)nc3c(-c3ccc(OCC(C)C)cc3)c3[nH]nnc23)cc1. The molecule has 2 heterocycles. The van der Waals surface area contributed by atoms with Gasteiger partial charge in [0.25, 0.3) is 0 Å². The predicted molar refractivity (Wildman–Crippen MR) is 151 cm³/mol. The highest BCUT2D eigenvalue weighted by Crippen LogP contribution is 2.41. The summed E-state index contributed by atoms with van der Waals surface area (Å²) in [6, 6.07) is 16.2. The average Bonchev–Trinajstić information content (AvgIpc) is 3.52. The third-order valence-electron chi connectivity index (χ3n) is 6.15. The minimum atomic E-state index is 0.406. The van der Waals surface area contributed by atoms with Gasteiger partial charge in [0.1, 0.15) is 28.0 Å². The molecule has 0 aliphatic heterocycles. The first-order valence-electron chi connectivity index (χ1n) is 13.4. The van der Waals surface area contributed by atoms with E-state index in [1.807, 2.05) is 24.3 Å². The summed E-state index contributed by atoms with van der Waals surface area (Å²) in [5.74, 6) is 3.02. The maximum Gasteiger partial charge on any atom is 0.124 e. The van der Waals surface area contributed by atoms with Crippen molar-refractivity contribution >= 4 is 22.1 Å². The Morgan fingerprint density at radius 3 is 1.66 bits per heavy atom. The second-order valence-electron chi connectivity index (χ2n) is 11.1. The largest absolute Gasteiger partial charge is 0.493 e. The lowest BCUT2D eigenvalue weighted by atomic mass is 9.95. The van der Waals surface area contributed by atoms with Crippen molar-refractivity contribution in [2.75, 3.05) is 13.2 Å². The molecule has 0 saturated carbocycles. The van der Waals surface area contributed by atoms with Gasteiger partial charge in [0.15, 0.2) is 0 Å². The van der Waals surface area contributed by atoms with Gasteiger partial charge in [0.2, 0.25) is 0 Å². The van der Waals surface area contributed by atoms with Crippen molar-refractivity contribution in [1.29, 1.82) is 0 Å². The minimum Gasteiger partial charge on any atom is -0.493 e. The van der Waals surface area contributed by atoms with E-state index in [-0.39, 0.29) is 0 Å². The zero-order valence-electron chi connectivity index (χ0n) is 23.0. The summed E-state index contributed by atoms with van der Waals surface area (Å²) in [7, 11) is 0. The standard InChI is InChI=1S/C30H36N6O2/c1-18(2)15-36-33-29-25(21-7-11-23(12-8-21)37-16-19(3)4)27-28(32-35-31-27)26(30(29)34-36)22-9-13-24(14-10-22)38-17-20(5)6/h7-14,18-20H,15-17H2,1-6H3,(H,31,32). The summed E-state index contributed by atoms with van der Waals surface area (Å²) in [4.78, 5) is 1.80. The van der Waals surface area contributed by atoms with Crippen LogP contribution in [0.5, 0.6) is 11.5 Å². The lowest BCUT2D eigenvalue weighted by Gasteiger charge is -2.12. The molecule has 8 nitrogen and oxygen atoms in total. The van der Waals surface area contributed by atoms with Gasteiger partial charge in [0.05, 0.1) is 25.3 Å². The molecule has 3 aromatic carbocycles. The van der Waals surface area contributed by atoms with E-state index in [1.165, 1.54) is 0 Å². The first-order valence-corrected chi connectivity index (χ1v) is 13.4. The van der Waals surface area contributed by atoms with E-state index in [0.29, 0.717) is 31.0 Å². The van der Waals surface area contributed by atoms with Crippen LogP contribution in [0.2, 0.25) is 0 Å². The number of ether oxygens (including phenoxy) is 2.